The van der Waals surface area contributed by atoms with Gasteiger partial charge in [0.2, 0.25) is 11.8 Å². The number of carbonyl (C=O) groups is 4. The molecule has 0 fully saturated rings. The molecule has 144 valence electrons. The van der Waals surface area contributed by atoms with E-state index >= 15 is 0 Å². The molecule has 9 heteroatoms. The number of aliphatic hydroxyl groups is 1. The van der Waals surface area contributed by atoms with Crippen LogP contribution in [0.2, 0.25) is 0 Å². The minimum atomic E-state index is -1.50. The zero-order valence-corrected chi connectivity index (χ0v) is 15.1. The number of aliphatic hydroxyl groups excluding tert-OH is 1. The summed E-state index contributed by atoms with van der Waals surface area (Å²) in [6.07, 6.45) is -1.69. The Kier molecular flexibility index (Phi) is 10.4. The van der Waals surface area contributed by atoms with Crippen LogP contribution in [0.15, 0.2) is 0 Å². The van der Waals surface area contributed by atoms with E-state index in [4.69, 9.17) is 15.2 Å². The Hall–Kier alpha value is -2.16. The second kappa shape index (κ2) is 11.4. The fourth-order valence-corrected chi connectivity index (χ4v) is 2.16. The van der Waals surface area contributed by atoms with Gasteiger partial charge in [-0.3, -0.25) is 19.2 Å². The fraction of sp³-hybridized carbons (Fsp3) is 0.750. The molecular formula is C16H28N2O7. The van der Waals surface area contributed by atoms with Gasteiger partial charge in [0, 0.05) is 0 Å². The van der Waals surface area contributed by atoms with E-state index in [0.717, 1.165) is 0 Å². The Morgan fingerprint density at radius 3 is 2.08 bits per heavy atom. The predicted octanol–water partition coefficient (Wildman–Crippen LogP) is -0.504. The van der Waals surface area contributed by atoms with Crippen LogP contribution in [0.1, 0.15) is 40.5 Å². The normalized spacial score (nSPS) is 14.3. The van der Waals surface area contributed by atoms with Crippen molar-refractivity contribution in [2.24, 2.45) is 17.6 Å². The maximum absolute atomic E-state index is 12.1. The quantitative estimate of drug-likeness (QED) is 0.421. The lowest BCUT2D eigenvalue weighted by molar-refractivity contribution is -0.157. The summed E-state index contributed by atoms with van der Waals surface area (Å²) in [4.78, 5) is 47.6. The zero-order valence-electron chi connectivity index (χ0n) is 15.1. The molecule has 0 saturated carbocycles. The first-order chi connectivity index (χ1) is 11.6. The van der Waals surface area contributed by atoms with E-state index in [1.807, 2.05) is 13.8 Å². The van der Waals surface area contributed by atoms with E-state index in [1.165, 1.54) is 0 Å². The number of rotatable bonds is 11. The zero-order chi connectivity index (χ0) is 19.6. The van der Waals surface area contributed by atoms with Gasteiger partial charge in [-0.25, -0.2) is 0 Å². The standard InChI is InChI=1S/C16H28N2O7/c1-5-24-12(20)8-10(16(23)25-6-2)13(14(17)21)18-15(22)11(19)7-9(3)4/h9-11,13,19H,5-8H2,1-4H3,(H2,17,21)(H,18,22)/t10-,11-,13-/m1/s1. The number of nitrogens with one attached hydrogen (secondary N) is 1. The topological polar surface area (TPSA) is 145 Å². The van der Waals surface area contributed by atoms with Crippen molar-refractivity contribution >= 4 is 23.8 Å². The minimum absolute atomic E-state index is 0.0214. The van der Waals surface area contributed by atoms with Crippen LogP contribution in [0.5, 0.6) is 0 Å². The van der Waals surface area contributed by atoms with Crippen molar-refractivity contribution in [2.75, 3.05) is 13.2 Å². The number of hydrogen-bond donors (Lipinski definition) is 3. The van der Waals surface area contributed by atoms with E-state index < -0.39 is 48.2 Å². The van der Waals surface area contributed by atoms with Crippen LogP contribution < -0.4 is 11.1 Å². The third-order valence-electron chi connectivity index (χ3n) is 3.29. The Balaban J connectivity index is 5.32. The predicted molar refractivity (Wildman–Crippen MR) is 88.0 cm³/mol. The van der Waals surface area contributed by atoms with Crippen LogP contribution in [-0.4, -0.2) is 54.2 Å². The van der Waals surface area contributed by atoms with Gasteiger partial charge in [-0.05, 0) is 26.2 Å². The molecule has 0 heterocycles. The van der Waals surface area contributed by atoms with Crippen molar-refractivity contribution < 1.29 is 33.8 Å². The van der Waals surface area contributed by atoms with Crippen molar-refractivity contribution in [2.45, 2.75) is 52.7 Å². The summed E-state index contributed by atoms with van der Waals surface area (Å²) >= 11 is 0. The van der Waals surface area contributed by atoms with Crippen molar-refractivity contribution in [3.63, 3.8) is 0 Å². The van der Waals surface area contributed by atoms with Gasteiger partial charge in [0.05, 0.1) is 25.6 Å². The number of primary amides is 1. The molecule has 0 spiro atoms. The molecule has 0 aliphatic carbocycles. The minimum Gasteiger partial charge on any atom is -0.466 e. The summed E-state index contributed by atoms with van der Waals surface area (Å²) in [5.74, 6) is -4.77. The molecule has 0 aliphatic heterocycles. The summed E-state index contributed by atoms with van der Waals surface area (Å²) in [5, 5.41) is 12.1. The number of hydrogen-bond acceptors (Lipinski definition) is 7. The average Bonchev–Trinajstić information content (AvgIpc) is 2.49. The van der Waals surface area contributed by atoms with Crippen LogP contribution >= 0.6 is 0 Å². The monoisotopic (exact) mass is 360 g/mol. The molecule has 0 aromatic rings. The van der Waals surface area contributed by atoms with E-state index in [-0.39, 0.29) is 25.6 Å². The highest BCUT2D eigenvalue weighted by molar-refractivity contribution is 5.93. The summed E-state index contributed by atoms with van der Waals surface area (Å²) in [6, 6.07) is -1.50. The van der Waals surface area contributed by atoms with Gasteiger partial charge in [-0.15, -0.1) is 0 Å². The molecular weight excluding hydrogens is 332 g/mol. The SMILES string of the molecule is CCOC(=O)C[C@@H](C(=O)OCC)[C@@H](NC(=O)[C@H](O)CC(C)C)C(N)=O. The molecule has 0 aromatic carbocycles. The third kappa shape index (κ3) is 8.48. The second-order valence-corrected chi connectivity index (χ2v) is 5.90. The average molecular weight is 360 g/mol. The fourth-order valence-electron chi connectivity index (χ4n) is 2.16. The maximum Gasteiger partial charge on any atom is 0.312 e. The van der Waals surface area contributed by atoms with Crippen molar-refractivity contribution in [3.05, 3.63) is 0 Å². The van der Waals surface area contributed by atoms with Gasteiger partial charge in [0.1, 0.15) is 12.1 Å². The number of amides is 2. The first kappa shape index (κ1) is 22.8. The Labute approximate surface area is 147 Å². The molecule has 3 atom stereocenters. The molecule has 9 nitrogen and oxygen atoms in total. The molecule has 0 rings (SSSR count). The van der Waals surface area contributed by atoms with Crippen LogP contribution in [0, 0.1) is 11.8 Å². The first-order valence-electron chi connectivity index (χ1n) is 8.23. The maximum atomic E-state index is 12.1. The van der Waals surface area contributed by atoms with E-state index in [0.29, 0.717) is 0 Å². The molecule has 2 amide bonds. The number of carbonyl (C=O) groups excluding carboxylic acids is 4. The highest BCUT2D eigenvalue weighted by Crippen LogP contribution is 2.14. The molecule has 0 unspecified atom stereocenters. The molecule has 0 radical (unpaired) electrons. The molecule has 0 saturated heterocycles. The van der Waals surface area contributed by atoms with Crippen molar-refractivity contribution in [1.82, 2.24) is 5.32 Å². The highest BCUT2D eigenvalue weighted by Gasteiger charge is 2.38. The lowest BCUT2D eigenvalue weighted by Crippen LogP contribution is -2.54. The first-order valence-corrected chi connectivity index (χ1v) is 8.23. The summed E-state index contributed by atoms with van der Waals surface area (Å²) in [6.45, 7) is 6.88. The van der Waals surface area contributed by atoms with E-state index in [9.17, 15) is 24.3 Å². The van der Waals surface area contributed by atoms with E-state index in [2.05, 4.69) is 5.32 Å². The van der Waals surface area contributed by atoms with Crippen molar-refractivity contribution in [3.8, 4) is 0 Å². The molecule has 25 heavy (non-hydrogen) atoms. The number of nitrogens with two attached hydrogens (primary N) is 1. The smallest absolute Gasteiger partial charge is 0.312 e. The summed E-state index contributed by atoms with van der Waals surface area (Å²) < 4.78 is 9.63. The van der Waals surface area contributed by atoms with Gasteiger partial charge in [-0.2, -0.15) is 0 Å². The van der Waals surface area contributed by atoms with Crippen molar-refractivity contribution in [1.29, 1.82) is 0 Å². The Morgan fingerprint density at radius 2 is 1.64 bits per heavy atom. The Morgan fingerprint density at radius 1 is 1.08 bits per heavy atom. The van der Waals surface area contributed by atoms with E-state index in [1.54, 1.807) is 13.8 Å². The van der Waals surface area contributed by atoms with Gasteiger partial charge < -0.3 is 25.6 Å². The van der Waals surface area contributed by atoms with Gasteiger partial charge in [0.15, 0.2) is 0 Å². The number of esters is 2. The highest BCUT2D eigenvalue weighted by atomic mass is 16.5. The lowest BCUT2D eigenvalue weighted by Gasteiger charge is -2.25. The molecule has 0 aliphatic rings. The number of ether oxygens (including phenoxy) is 2. The second-order valence-electron chi connectivity index (χ2n) is 5.90. The van der Waals surface area contributed by atoms with Gasteiger partial charge in [0.25, 0.3) is 0 Å². The summed E-state index contributed by atoms with van der Waals surface area (Å²) in [7, 11) is 0. The Bertz CT molecular complexity index is 479. The lowest BCUT2D eigenvalue weighted by atomic mass is 9.94. The van der Waals surface area contributed by atoms with Gasteiger partial charge in [-0.1, -0.05) is 13.8 Å². The molecule has 4 N–H and O–H groups in total. The third-order valence-corrected chi connectivity index (χ3v) is 3.29. The van der Waals surface area contributed by atoms with Crippen LogP contribution in [0.25, 0.3) is 0 Å². The molecule has 0 aromatic heterocycles. The molecule has 0 bridgehead atoms. The summed E-state index contributed by atoms with van der Waals surface area (Å²) in [5.41, 5.74) is 5.28. The van der Waals surface area contributed by atoms with Crippen LogP contribution in [0.3, 0.4) is 0 Å². The van der Waals surface area contributed by atoms with Crippen LogP contribution in [0.4, 0.5) is 0 Å². The van der Waals surface area contributed by atoms with Crippen LogP contribution in [-0.2, 0) is 28.7 Å². The largest absolute Gasteiger partial charge is 0.466 e. The van der Waals surface area contributed by atoms with Gasteiger partial charge >= 0.3 is 11.9 Å².